The van der Waals surface area contributed by atoms with E-state index in [4.69, 9.17) is 16.6 Å². The molecule has 1 aromatic rings. The number of phenols is 1. The molecule has 1 atom stereocenters. The van der Waals surface area contributed by atoms with Crippen LogP contribution in [0.3, 0.4) is 0 Å². The lowest BCUT2D eigenvalue weighted by atomic mass is 10.0. The predicted molar refractivity (Wildman–Crippen MR) is 51.0 cm³/mol. The van der Waals surface area contributed by atoms with Gasteiger partial charge in [0.15, 0.2) is 0 Å². The van der Waals surface area contributed by atoms with Crippen molar-refractivity contribution in [2.75, 3.05) is 6.54 Å². The quantitative estimate of drug-likeness (QED) is 0.546. The standard InChI is InChI=1S/C9H12N2O3/c10-4-7(11)6-2-1-5(9(13)14)3-8(6)12/h1-3,7,12H,4,10-11H2,(H,13,14)/t7-/m0/s1. The van der Waals surface area contributed by atoms with Crippen LogP contribution in [-0.4, -0.2) is 22.7 Å². The summed E-state index contributed by atoms with van der Waals surface area (Å²) >= 11 is 0. The number of hydrogen-bond donors (Lipinski definition) is 4. The number of carboxylic acids is 1. The van der Waals surface area contributed by atoms with Crippen molar-refractivity contribution >= 4 is 5.97 Å². The number of benzene rings is 1. The highest BCUT2D eigenvalue weighted by Crippen LogP contribution is 2.23. The lowest BCUT2D eigenvalue weighted by molar-refractivity contribution is 0.0696. The van der Waals surface area contributed by atoms with E-state index in [0.29, 0.717) is 5.56 Å². The van der Waals surface area contributed by atoms with Crippen LogP contribution in [0.25, 0.3) is 0 Å². The number of rotatable bonds is 3. The maximum absolute atomic E-state index is 10.5. The fourth-order valence-electron chi connectivity index (χ4n) is 1.12. The first-order valence-electron chi connectivity index (χ1n) is 4.08. The van der Waals surface area contributed by atoms with E-state index in [1.807, 2.05) is 0 Å². The molecule has 1 aromatic carbocycles. The van der Waals surface area contributed by atoms with Crippen LogP contribution in [0.15, 0.2) is 18.2 Å². The van der Waals surface area contributed by atoms with E-state index in [2.05, 4.69) is 0 Å². The Morgan fingerprint density at radius 3 is 2.57 bits per heavy atom. The van der Waals surface area contributed by atoms with Crippen molar-refractivity contribution in [1.82, 2.24) is 0 Å². The Bertz CT molecular complexity index is 352. The molecule has 0 aliphatic carbocycles. The van der Waals surface area contributed by atoms with Gasteiger partial charge in [0.25, 0.3) is 0 Å². The van der Waals surface area contributed by atoms with E-state index in [1.165, 1.54) is 12.1 Å². The second-order valence-electron chi connectivity index (χ2n) is 2.92. The van der Waals surface area contributed by atoms with Gasteiger partial charge in [-0.2, -0.15) is 0 Å². The summed E-state index contributed by atoms with van der Waals surface area (Å²) in [5.74, 6) is -1.23. The van der Waals surface area contributed by atoms with Crippen LogP contribution in [0.2, 0.25) is 0 Å². The van der Waals surface area contributed by atoms with Crippen LogP contribution in [0.1, 0.15) is 22.0 Å². The largest absolute Gasteiger partial charge is 0.508 e. The Morgan fingerprint density at radius 2 is 2.14 bits per heavy atom. The minimum absolute atomic E-state index is 0.0236. The molecule has 0 aromatic heterocycles. The Labute approximate surface area is 81.0 Å². The van der Waals surface area contributed by atoms with Gasteiger partial charge in [-0.25, -0.2) is 4.79 Å². The van der Waals surface area contributed by atoms with E-state index in [0.717, 1.165) is 6.07 Å². The van der Waals surface area contributed by atoms with Crippen molar-refractivity contribution in [3.05, 3.63) is 29.3 Å². The molecule has 0 amide bonds. The molecule has 5 heteroatoms. The van der Waals surface area contributed by atoms with Gasteiger partial charge < -0.3 is 21.7 Å². The number of phenolic OH excluding ortho intramolecular Hbond substituents is 1. The zero-order valence-electron chi connectivity index (χ0n) is 7.47. The van der Waals surface area contributed by atoms with Gasteiger partial charge >= 0.3 is 5.97 Å². The molecule has 0 saturated heterocycles. The minimum Gasteiger partial charge on any atom is -0.508 e. The highest BCUT2D eigenvalue weighted by atomic mass is 16.4. The minimum atomic E-state index is -1.09. The summed E-state index contributed by atoms with van der Waals surface area (Å²) in [5.41, 5.74) is 11.4. The summed E-state index contributed by atoms with van der Waals surface area (Å²) < 4.78 is 0. The number of nitrogens with two attached hydrogens (primary N) is 2. The fraction of sp³-hybridized carbons (Fsp3) is 0.222. The third-order valence-electron chi connectivity index (χ3n) is 1.93. The molecule has 6 N–H and O–H groups in total. The third-order valence-corrected chi connectivity index (χ3v) is 1.93. The molecule has 0 bridgehead atoms. The zero-order valence-corrected chi connectivity index (χ0v) is 7.47. The summed E-state index contributed by atoms with van der Waals surface area (Å²) in [6.07, 6.45) is 0. The molecular weight excluding hydrogens is 184 g/mol. The van der Waals surface area contributed by atoms with Crippen molar-refractivity contribution in [3.63, 3.8) is 0 Å². The number of aromatic carboxylic acids is 1. The first-order valence-corrected chi connectivity index (χ1v) is 4.08. The molecule has 14 heavy (non-hydrogen) atoms. The number of hydrogen-bond acceptors (Lipinski definition) is 4. The smallest absolute Gasteiger partial charge is 0.335 e. The molecule has 0 spiro atoms. The van der Waals surface area contributed by atoms with Gasteiger partial charge in [-0.3, -0.25) is 0 Å². The van der Waals surface area contributed by atoms with Gasteiger partial charge in [0.1, 0.15) is 5.75 Å². The summed E-state index contributed by atoms with van der Waals surface area (Å²) in [6.45, 7) is 0.194. The molecule has 76 valence electrons. The second-order valence-corrected chi connectivity index (χ2v) is 2.92. The molecule has 1 rings (SSSR count). The Kier molecular flexibility index (Phi) is 3.06. The predicted octanol–water partition coefficient (Wildman–Crippen LogP) is 0.0489. The van der Waals surface area contributed by atoms with Crippen molar-refractivity contribution in [2.24, 2.45) is 11.5 Å². The fourth-order valence-corrected chi connectivity index (χ4v) is 1.12. The molecule has 0 radical (unpaired) electrons. The molecular formula is C9H12N2O3. The van der Waals surface area contributed by atoms with E-state index in [1.54, 1.807) is 0 Å². The van der Waals surface area contributed by atoms with E-state index in [-0.39, 0.29) is 17.9 Å². The van der Waals surface area contributed by atoms with E-state index in [9.17, 15) is 9.90 Å². The molecule has 0 fully saturated rings. The molecule has 0 aliphatic rings. The summed E-state index contributed by atoms with van der Waals surface area (Å²) in [4.78, 5) is 10.5. The molecule has 5 nitrogen and oxygen atoms in total. The van der Waals surface area contributed by atoms with Gasteiger partial charge in [0.05, 0.1) is 5.56 Å². The number of aromatic hydroxyl groups is 1. The van der Waals surface area contributed by atoms with Crippen LogP contribution in [0.4, 0.5) is 0 Å². The molecule has 0 unspecified atom stereocenters. The summed E-state index contributed by atoms with van der Waals surface area (Å²) in [6, 6.07) is 3.54. The number of carboxylic acid groups (broad SMARTS) is 1. The van der Waals surface area contributed by atoms with Crippen LogP contribution < -0.4 is 11.5 Å². The van der Waals surface area contributed by atoms with E-state index < -0.39 is 12.0 Å². The Morgan fingerprint density at radius 1 is 1.50 bits per heavy atom. The summed E-state index contributed by atoms with van der Waals surface area (Å²) in [7, 11) is 0. The normalized spacial score (nSPS) is 12.4. The van der Waals surface area contributed by atoms with Crippen molar-refractivity contribution < 1.29 is 15.0 Å². The van der Waals surface area contributed by atoms with Crippen LogP contribution in [0.5, 0.6) is 5.75 Å². The van der Waals surface area contributed by atoms with Gasteiger partial charge in [-0.1, -0.05) is 6.07 Å². The summed E-state index contributed by atoms with van der Waals surface area (Å²) in [5, 5.41) is 18.1. The average Bonchev–Trinajstić information content (AvgIpc) is 2.16. The lowest BCUT2D eigenvalue weighted by Gasteiger charge is -2.11. The second kappa shape index (κ2) is 4.08. The van der Waals surface area contributed by atoms with Gasteiger partial charge in [-0.05, 0) is 12.1 Å². The van der Waals surface area contributed by atoms with Gasteiger partial charge in [-0.15, -0.1) is 0 Å². The van der Waals surface area contributed by atoms with Crippen molar-refractivity contribution in [2.45, 2.75) is 6.04 Å². The van der Waals surface area contributed by atoms with Crippen LogP contribution in [-0.2, 0) is 0 Å². The lowest BCUT2D eigenvalue weighted by Crippen LogP contribution is -2.20. The maximum atomic E-state index is 10.5. The highest BCUT2D eigenvalue weighted by Gasteiger charge is 2.11. The SMILES string of the molecule is NC[C@H](N)c1ccc(C(=O)O)cc1O. The van der Waals surface area contributed by atoms with Crippen LogP contribution >= 0.6 is 0 Å². The van der Waals surface area contributed by atoms with Crippen LogP contribution in [0, 0.1) is 0 Å². The molecule has 0 heterocycles. The molecule has 0 aliphatic heterocycles. The maximum Gasteiger partial charge on any atom is 0.335 e. The first-order chi connectivity index (χ1) is 6.56. The third kappa shape index (κ3) is 2.01. The van der Waals surface area contributed by atoms with Crippen molar-refractivity contribution in [1.29, 1.82) is 0 Å². The Balaban J connectivity index is 3.07. The number of carbonyl (C=O) groups is 1. The van der Waals surface area contributed by atoms with Gasteiger partial charge in [0, 0.05) is 18.2 Å². The Hall–Kier alpha value is -1.59. The zero-order chi connectivity index (χ0) is 10.7. The highest BCUT2D eigenvalue weighted by molar-refractivity contribution is 5.88. The average molecular weight is 196 g/mol. The molecule has 0 saturated carbocycles. The topological polar surface area (TPSA) is 110 Å². The van der Waals surface area contributed by atoms with Gasteiger partial charge in [0.2, 0.25) is 0 Å². The first kappa shape index (κ1) is 10.5. The van der Waals surface area contributed by atoms with Crippen molar-refractivity contribution in [3.8, 4) is 5.75 Å². The monoisotopic (exact) mass is 196 g/mol. The van der Waals surface area contributed by atoms with E-state index >= 15 is 0 Å².